The Kier molecular flexibility index (Phi) is 3.30. The van der Waals surface area contributed by atoms with Crippen LogP contribution in [0.3, 0.4) is 0 Å². The number of benzene rings is 1. The van der Waals surface area contributed by atoms with Gasteiger partial charge >= 0.3 is 0 Å². The normalized spacial score (nSPS) is 11.6. The molecule has 0 aliphatic heterocycles. The topological polar surface area (TPSA) is 69.1 Å². The van der Waals surface area contributed by atoms with Crippen LogP contribution in [0.1, 0.15) is 22.8 Å². The molecule has 6 nitrogen and oxygen atoms in total. The van der Waals surface area contributed by atoms with Crippen molar-refractivity contribution < 1.29 is 4.52 Å². The third kappa shape index (κ3) is 2.37. The molecular weight excluding hydrogens is 310 g/mol. The number of hydrogen-bond acceptors (Lipinski definition) is 6. The van der Waals surface area contributed by atoms with Crippen molar-refractivity contribution in [3.63, 3.8) is 0 Å². The molecular formula is C16H15N5OS. The molecule has 0 amide bonds. The Hall–Kier alpha value is -2.41. The second-order valence-electron chi connectivity index (χ2n) is 5.40. The van der Waals surface area contributed by atoms with E-state index < -0.39 is 0 Å². The number of thioether (sulfide) groups is 1. The van der Waals surface area contributed by atoms with Crippen LogP contribution < -0.4 is 0 Å². The van der Waals surface area contributed by atoms with Crippen LogP contribution in [0.5, 0.6) is 0 Å². The van der Waals surface area contributed by atoms with Gasteiger partial charge in [0, 0.05) is 16.7 Å². The Morgan fingerprint density at radius 3 is 2.74 bits per heavy atom. The summed E-state index contributed by atoms with van der Waals surface area (Å²) in [5, 5.41) is 10.3. The van der Waals surface area contributed by atoms with Crippen LogP contribution in [-0.4, -0.2) is 24.7 Å². The van der Waals surface area contributed by atoms with Crippen LogP contribution in [0.2, 0.25) is 0 Å². The van der Waals surface area contributed by atoms with E-state index in [1.165, 1.54) is 0 Å². The molecule has 4 aromatic rings. The van der Waals surface area contributed by atoms with Gasteiger partial charge in [-0.3, -0.25) is 0 Å². The molecule has 0 saturated heterocycles. The van der Waals surface area contributed by atoms with Gasteiger partial charge in [0.05, 0.1) is 11.2 Å². The number of para-hydroxylation sites is 1. The molecule has 0 saturated carbocycles. The van der Waals surface area contributed by atoms with Crippen molar-refractivity contribution in [1.29, 1.82) is 0 Å². The first-order valence-corrected chi connectivity index (χ1v) is 8.28. The Morgan fingerprint density at radius 1 is 1.13 bits per heavy atom. The Labute approximate surface area is 136 Å². The van der Waals surface area contributed by atoms with Crippen molar-refractivity contribution in [1.82, 2.24) is 24.7 Å². The zero-order valence-corrected chi connectivity index (χ0v) is 13.9. The second kappa shape index (κ2) is 5.34. The van der Waals surface area contributed by atoms with E-state index in [4.69, 9.17) is 9.51 Å². The fourth-order valence-corrected chi connectivity index (χ4v) is 3.67. The summed E-state index contributed by atoms with van der Waals surface area (Å²) in [7, 11) is 0. The lowest BCUT2D eigenvalue weighted by Crippen LogP contribution is -1.99. The predicted molar refractivity (Wildman–Crippen MR) is 88.6 cm³/mol. The Balaban J connectivity index is 1.82. The average molecular weight is 325 g/mol. The van der Waals surface area contributed by atoms with Gasteiger partial charge in [0.2, 0.25) is 0 Å². The molecule has 0 unspecified atom stereocenters. The summed E-state index contributed by atoms with van der Waals surface area (Å²) in [4.78, 5) is 9.30. The van der Waals surface area contributed by atoms with Gasteiger partial charge in [-0.25, -0.2) is 9.97 Å². The minimum atomic E-state index is 0.737. The van der Waals surface area contributed by atoms with Gasteiger partial charge in [0.1, 0.15) is 11.6 Å². The highest BCUT2D eigenvalue weighted by Crippen LogP contribution is 2.28. The lowest BCUT2D eigenvalue weighted by atomic mass is 10.2. The van der Waals surface area contributed by atoms with Crippen molar-refractivity contribution in [2.75, 3.05) is 0 Å². The van der Waals surface area contributed by atoms with Crippen LogP contribution in [0.15, 0.2) is 33.9 Å². The number of fused-ring (bicyclic) bond motifs is 3. The molecule has 0 fully saturated rings. The molecule has 0 spiro atoms. The van der Waals surface area contributed by atoms with Gasteiger partial charge in [-0.05, 0) is 32.9 Å². The number of rotatable bonds is 3. The number of aryl methyl sites for hydroxylation is 3. The van der Waals surface area contributed by atoms with Gasteiger partial charge in [0.15, 0.2) is 10.8 Å². The minimum absolute atomic E-state index is 0.737. The first-order valence-electron chi connectivity index (χ1n) is 7.30. The molecule has 3 aromatic heterocycles. The maximum Gasteiger partial charge on any atom is 0.191 e. The summed E-state index contributed by atoms with van der Waals surface area (Å²) in [6, 6.07) is 8.00. The zero-order valence-electron chi connectivity index (χ0n) is 13.1. The van der Waals surface area contributed by atoms with Crippen molar-refractivity contribution in [2.24, 2.45) is 0 Å². The largest absolute Gasteiger partial charge is 0.361 e. The summed E-state index contributed by atoms with van der Waals surface area (Å²) in [5.74, 6) is 2.32. The Morgan fingerprint density at radius 2 is 1.96 bits per heavy atom. The lowest BCUT2D eigenvalue weighted by molar-refractivity contribution is 0.392. The van der Waals surface area contributed by atoms with Crippen LogP contribution in [0.25, 0.3) is 16.6 Å². The summed E-state index contributed by atoms with van der Waals surface area (Å²) >= 11 is 1.61. The maximum absolute atomic E-state index is 5.23. The summed E-state index contributed by atoms with van der Waals surface area (Å²) < 4.78 is 7.05. The van der Waals surface area contributed by atoms with Crippen molar-refractivity contribution >= 4 is 28.3 Å². The average Bonchev–Trinajstić information content (AvgIpc) is 3.08. The standard InChI is InChI=1S/C16H15N5OS/c1-9-13(10(2)22-20-9)8-23-16-18-14-7-5-4-6-12(14)15-17-11(3)19-21(15)16/h4-7H,8H2,1-3H3. The first-order chi connectivity index (χ1) is 11.1. The molecule has 0 aliphatic carbocycles. The summed E-state index contributed by atoms with van der Waals surface area (Å²) in [6.45, 7) is 5.78. The maximum atomic E-state index is 5.23. The lowest BCUT2D eigenvalue weighted by Gasteiger charge is -2.06. The van der Waals surface area contributed by atoms with E-state index in [1.54, 1.807) is 11.8 Å². The zero-order chi connectivity index (χ0) is 16.0. The highest BCUT2D eigenvalue weighted by atomic mass is 32.2. The minimum Gasteiger partial charge on any atom is -0.361 e. The van der Waals surface area contributed by atoms with Gasteiger partial charge < -0.3 is 4.52 Å². The predicted octanol–water partition coefficient (Wildman–Crippen LogP) is 3.48. The number of hydrogen-bond donors (Lipinski definition) is 0. The fourth-order valence-electron chi connectivity index (χ4n) is 2.57. The van der Waals surface area contributed by atoms with Crippen LogP contribution >= 0.6 is 11.8 Å². The molecule has 3 heterocycles. The van der Waals surface area contributed by atoms with Crippen molar-refractivity contribution in [3.8, 4) is 0 Å². The first kappa shape index (κ1) is 14.2. The van der Waals surface area contributed by atoms with E-state index in [0.29, 0.717) is 0 Å². The van der Waals surface area contributed by atoms with Crippen LogP contribution in [-0.2, 0) is 5.75 Å². The molecule has 23 heavy (non-hydrogen) atoms. The monoisotopic (exact) mass is 325 g/mol. The quantitative estimate of drug-likeness (QED) is 0.424. The highest BCUT2D eigenvalue weighted by Gasteiger charge is 2.15. The molecule has 7 heteroatoms. The third-order valence-electron chi connectivity index (χ3n) is 3.78. The third-order valence-corrected chi connectivity index (χ3v) is 4.74. The second-order valence-corrected chi connectivity index (χ2v) is 6.34. The number of nitrogens with zero attached hydrogens (tertiary/aromatic N) is 5. The van der Waals surface area contributed by atoms with Crippen LogP contribution in [0.4, 0.5) is 0 Å². The van der Waals surface area contributed by atoms with E-state index in [2.05, 4.69) is 15.2 Å². The number of aromatic nitrogens is 5. The molecule has 0 N–H and O–H groups in total. The van der Waals surface area contributed by atoms with Gasteiger partial charge in [-0.2, -0.15) is 4.52 Å². The summed E-state index contributed by atoms with van der Waals surface area (Å²) in [6.07, 6.45) is 0. The van der Waals surface area contributed by atoms with E-state index in [1.807, 2.05) is 49.6 Å². The molecule has 1 aromatic carbocycles. The molecule has 4 rings (SSSR count). The van der Waals surface area contributed by atoms with Gasteiger partial charge in [0.25, 0.3) is 0 Å². The molecule has 0 atom stereocenters. The van der Waals surface area contributed by atoms with Gasteiger partial charge in [-0.15, -0.1) is 5.10 Å². The van der Waals surface area contributed by atoms with Crippen LogP contribution in [0, 0.1) is 20.8 Å². The highest BCUT2D eigenvalue weighted by molar-refractivity contribution is 7.98. The molecule has 116 valence electrons. The summed E-state index contributed by atoms with van der Waals surface area (Å²) in [5.41, 5.74) is 3.79. The molecule has 0 aliphatic rings. The Bertz CT molecular complexity index is 1000. The van der Waals surface area contributed by atoms with Gasteiger partial charge in [-0.1, -0.05) is 29.1 Å². The van der Waals surface area contributed by atoms with E-state index in [0.717, 1.165) is 50.3 Å². The van der Waals surface area contributed by atoms with Crippen molar-refractivity contribution in [2.45, 2.75) is 31.7 Å². The van der Waals surface area contributed by atoms with Crippen molar-refractivity contribution in [3.05, 3.63) is 47.1 Å². The molecule has 0 bridgehead atoms. The van der Waals surface area contributed by atoms with E-state index >= 15 is 0 Å². The van der Waals surface area contributed by atoms with E-state index in [-0.39, 0.29) is 0 Å². The SMILES string of the molecule is Cc1nc2c3ccccc3nc(SCc3c(C)noc3C)n2n1. The molecule has 0 radical (unpaired) electrons. The van der Waals surface area contributed by atoms with E-state index in [9.17, 15) is 0 Å². The smallest absolute Gasteiger partial charge is 0.191 e. The fraction of sp³-hybridized carbons (Fsp3) is 0.250.